The number of hydrogen-bond acceptors (Lipinski definition) is 2. The van der Waals surface area contributed by atoms with E-state index in [9.17, 15) is 0 Å². The minimum absolute atomic E-state index is 0.762. The lowest BCUT2D eigenvalue weighted by Crippen LogP contribution is -2.48. The van der Waals surface area contributed by atoms with Crippen molar-refractivity contribution in [2.45, 2.75) is 77.3 Å². The lowest BCUT2D eigenvalue weighted by atomic mass is 10.0. The summed E-state index contributed by atoms with van der Waals surface area (Å²) >= 11 is 0. The van der Waals surface area contributed by atoms with Crippen LogP contribution in [0.25, 0.3) is 0 Å². The summed E-state index contributed by atoms with van der Waals surface area (Å²) in [7, 11) is 0. The quantitative estimate of drug-likeness (QED) is 0.754. The van der Waals surface area contributed by atoms with E-state index in [1.807, 2.05) is 0 Å². The largest absolute Gasteiger partial charge is 0.313 e. The van der Waals surface area contributed by atoms with E-state index in [1.54, 1.807) is 0 Å². The van der Waals surface area contributed by atoms with Crippen LogP contribution in [-0.2, 0) is 0 Å². The van der Waals surface area contributed by atoms with E-state index in [4.69, 9.17) is 0 Å². The van der Waals surface area contributed by atoms with Crippen LogP contribution in [0.3, 0.4) is 0 Å². The van der Waals surface area contributed by atoms with Crippen LogP contribution in [0.1, 0.15) is 65.2 Å². The topological polar surface area (TPSA) is 15.3 Å². The number of hydrogen-bond donors (Lipinski definition) is 1. The van der Waals surface area contributed by atoms with Gasteiger partial charge >= 0.3 is 0 Å². The lowest BCUT2D eigenvalue weighted by molar-refractivity contribution is 0.175. The van der Waals surface area contributed by atoms with Gasteiger partial charge < -0.3 is 5.32 Å². The zero-order valence-corrected chi connectivity index (χ0v) is 12.5. The molecular formula is C16H32N2. The van der Waals surface area contributed by atoms with E-state index in [-0.39, 0.29) is 0 Å². The van der Waals surface area contributed by atoms with Gasteiger partial charge in [0.25, 0.3) is 0 Å². The number of nitrogens with zero attached hydrogens (tertiary/aromatic N) is 1. The molecule has 2 aliphatic rings. The van der Waals surface area contributed by atoms with Gasteiger partial charge in [0.15, 0.2) is 0 Å². The van der Waals surface area contributed by atoms with Crippen LogP contribution in [0.15, 0.2) is 0 Å². The zero-order valence-electron chi connectivity index (χ0n) is 12.5. The van der Waals surface area contributed by atoms with Gasteiger partial charge in [0.2, 0.25) is 0 Å². The van der Waals surface area contributed by atoms with Crippen molar-refractivity contribution in [2.75, 3.05) is 19.6 Å². The molecule has 106 valence electrons. The first-order chi connectivity index (χ1) is 8.85. The van der Waals surface area contributed by atoms with Crippen molar-refractivity contribution < 1.29 is 0 Å². The molecule has 0 radical (unpaired) electrons. The Hall–Kier alpha value is -0.0800. The van der Waals surface area contributed by atoms with Crippen molar-refractivity contribution >= 4 is 0 Å². The summed E-state index contributed by atoms with van der Waals surface area (Å²) in [5, 5.41) is 3.76. The van der Waals surface area contributed by atoms with Gasteiger partial charge in [-0.1, -0.05) is 39.5 Å². The smallest absolute Gasteiger partial charge is 0.0249 e. The molecule has 3 unspecified atom stereocenters. The number of rotatable bonds is 5. The van der Waals surface area contributed by atoms with Gasteiger partial charge in [0.05, 0.1) is 0 Å². The molecular weight excluding hydrogens is 220 g/mol. The van der Waals surface area contributed by atoms with E-state index >= 15 is 0 Å². The molecule has 0 aromatic heterocycles. The van der Waals surface area contributed by atoms with E-state index in [2.05, 4.69) is 24.1 Å². The maximum absolute atomic E-state index is 3.76. The fourth-order valence-electron chi connectivity index (χ4n) is 4.03. The highest BCUT2D eigenvalue weighted by Gasteiger charge is 2.32. The summed E-state index contributed by atoms with van der Waals surface area (Å²) in [5.41, 5.74) is 0. The maximum atomic E-state index is 3.76. The summed E-state index contributed by atoms with van der Waals surface area (Å²) in [6.45, 7) is 8.45. The third-order valence-corrected chi connectivity index (χ3v) is 4.93. The molecule has 0 aromatic carbocycles. The van der Waals surface area contributed by atoms with Crippen LogP contribution in [-0.4, -0.2) is 36.6 Å². The van der Waals surface area contributed by atoms with E-state index < -0.39 is 0 Å². The van der Waals surface area contributed by atoms with Gasteiger partial charge in [-0.05, 0) is 44.7 Å². The lowest BCUT2D eigenvalue weighted by Gasteiger charge is -2.34. The molecule has 1 heterocycles. The van der Waals surface area contributed by atoms with Crippen molar-refractivity contribution in [3.05, 3.63) is 0 Å². The molecule has 2 rings (SSSR count). The highest BCUT2D eigenvalue weighted by atomic mass is 15.2. The van der Waals surface area contributed by atoms with Crippen LogP contribution >= 0.6 is 0 Å². The molecule has 1 N–H and O–H groups in total. The molecule has 2 nitrogen and oxygen atoms in total. The van der Waals surface area contributed by atoms with Crippen molar-refractivity contribution in [3.63, 3.8) is 0 Å². The highest BCUT2D eigenvalue weighted by molar-refractivity contribution is 4.90. The zero-order chi connectivity index (χ0) is 12.8. The van der Waals surface area contributed by atoms with Gasteiger partial charge in [-0.3, -0.25) is 4.90 Å². The molecule has 0 spiro atoms. The molecule has 2 heteroatoms. The SMILES string of the molecule is CCCC1CCN(C2CCCCCC2NCC)C1. The van der Waals surface area contributed by atoms with Gasteiger partial charge in [0, 0.05) is 18.6 Å². The summed E-state index contributed by atoms with van der Waals surface area (Å²) in [4.78, 5) is 2.82. The first-order valence-corrected chi connectivity index (χ1v) is 8.32. The molecule has 1 saturated heterocycles. The molecule has 1 saturated carbocycles. The first kappa shape index (κ1) is 14.3. The van der Waals surface area contributed by atoms with Gasteiger partial charge in [-0.25, -0.2) is 0 Å². The van der Waals surface area contributed by atoms with Gasteiger partial charge in [-0.2, -0.15) is 0 Å². The molecule has 0 aromatic rings. The van der Waals surface area contributed by atoms with Gasteiger partial charge in [-0.15, -0.1) is 0 Å². The number of likely N-dealkylation sites (N-methyl/N-ethyl adjacent to an activating group) is 1. The maximum Gasteiger partial charge on any atom is 0.0249 e. The van der Waals surface area contributed by atoms with Crippen molar-refractivity contribution in [2.24, 2.45) is 5.92 Å². The third-order valence-electron chi connectivity index (χ3n) is 4.93. The van der Waals surface area contributed by atoms with E-state index in [1.165, 1.54) is 64.5 Å². The summed E-state index contributed by atoms with van der Waals surface area (Å²) in [6, 6.07) is 1.59. The van der Waals surface area contributed by atoms with Crippen LogP contribution in [0, 0.1) is 5.92 Å². The second kappa shape index (κ2) is 7.49. The van der Waals surface area contributed by atoms with Crippen molar-refractivity contribution in [1.82, 2.24) is 10.2 Å². The fraction of sp³-hybridized carbons (Fsp3) is 1.00. The average molecular weight is 252 g/mol. The Morgan fingerprint density at radius 1 is 1.06 bits per heavy atom. The Morgan fingerprint density at radius 3 is 2.67 bits per heavy atom. The Balaban J connectivity index is 1.91. The first-order valence-electron chi connectivity index (χ1n) is 8.32. The molecule has 1 aliphatic heterocycles. The second-order valence-electron chi connectivity index (χ2n) is 6.31. The van der Waals surface area contributed by atoms with Crippen LogP contribution < -0.4 is 5.32 Å². The van der Waals surface area contributed by atoms with Crippen LogP contribution in [0.5, 0.6) is 0 Å². The Labute approximate surface area is 114 Å². The van der Waals surface area contributed by atoms with Crippen LogP contribution in [0.4, 0.5) is 0 Å². The minimum Gasteiger partial charge on any atom is -0.313 e. The Morgan fingerprint density at radius 2 is 1.89 bits per heavy atom. The predicted molar refractivity (Wildman–Crippen MR) is 78.9 cm³/mol. The molecule has 3 atom stereocenters. The van der Waals surface area contributed by atoms with E-state index in [0.29, 0.717) is 0 Å². The fourth-order valence-corrected chi connectivity index (χ4v) is 4.03. The molecule has 0 bridgehead atoms. The summed E-state index contributed by atoms with van der Waals surface area (Å²) in [6.07, 6.45) is 11.4. The van der Waals surface area contributed by atoms with E-state index in [0.717, 1.165) is 24.5 Å². The van der Waals surface area contributed by atoms with Crippen molar-refractivity contribution in [1.29, 1.82) is 0 Å². The Bertz CT molecular complexity index is 229. The summed E-state index contributed by atoms with van der Waals surface area (Å²) in [5.74, 6) is 0.987. The predicted octanol–water partition coefficient (Wildman–Crippen LogP) is 3.42. The highest BCUT2D eigenvalue weighted by Crippen LogP contribution is 2.29. The van der Waals surface area contributed by atoms with Crippen molar-refractivity contribution in [3.8, 4) is 0 Å². The molecule has 2 fully saturated rings. The molecule has 0 amide bonds. The normalized spacial score (nSPS) is 34.7. The Kier molecular flexibility index (Phi) is 5.97. The number of nitrogens with one attached hydrogen (secondary N) is 1. The summed E-state index contributed by atoms with van der Waals surface area (Å²) < 4.78 is 0. The minimum atomic E-state index is 0.762. The average Bonchev–Trinajstić information content (AvgIpc) is 2.69. The monoisotopic (exact) mass is 252 g/mol. The van der Waals surface area contributed by atoms with Crippen LogP contribution in [0.2, 0.25) is 0 Å². The third kappa shape index (κ3) is 3.71. The second-order valence-corrected chi connectivity index (χ2v) is 6.31. The number of likely N-dealkylation sites (tertiary alicyclic amines) is 1. The molecule has 18 heavy (non-hydrogen) atoms. The van der Waals surface area contributed by atoms with Gasteiger partial charge in [0.1, 0.15) is 0 Å². The standard InChI is InChI=1S/C16H32N2/c1-3-8-14-11-12-18(13-14)16-10-7-5-6-9-15(16)17-4-2/h14-17H,3-13H2,1-2H3. The molecule has 1 aliphatic carbocycles.